The first-order valence-electron chi connectivity index (χ1n) is 5.78. The summed E-state index contributed by atoms with van der Waals surface area (Å²) in [5.41, 5.74) is 0. The van der Waals surface area contributed by atoms with E-state index in [9.17, 15) is 0 Å². The van der Waals surface area contributed by atoms with Crippen LogP contribution in [0.15, 0.2) is 25.3 Å². The van der Waals surface area contributed by atoms with Gasteiger partial charge in [-0.1, -0.05) is 13.2 Å². The Labute approximate surface area is 99.9 Å². The van der Waals surface area contributed by atoms with Crippen molar-refractivity contribution in [1.82, 2.24) is 0 Å². The molecule has 0 radical (unpaired) electrons. The molecule has 6 unspecified atom stereocenters. The summed E-state index contributed by atoms with van der Waals surface area (Å²) in [6, 6.07) is 0. The lowest BCUT2D eigenvalue weighted by molar-refractivity contribution is -0.162. The smallest absolute Gasteiger partial charge is 0.187 e. The molecule has 3 aliphatic heterocycles. The Morgan fingerprint density at radius 3 is 2.24 bits per heavy atom. The van der Waals surface area contributed by atoms with Gasteiger partial charge in [0, 0.05) is 6.42 Å². The molecule has 3 saturated heterocycles. The van der Waals surface area contributed by atoms with Gasteiger partial charge in [0.2, 0.25) is 0 Å². The standard InChI is InChI=1S/C12H16O5/c1-3-10-13-6-9(15-10)7-5-8-12(16-7)17-11(4-2)14-8/h3-4,7-12H,1-2,5-6H2. The predicted octanol–water partition coefficient (Wildman–Crippen LogP) is 0.956. The SMILES string of the molecule is C=CC1OCC(C2CC3OC(C=C)OC3O2)O1. The van der Waals surface area contributed by atoms with Crippen LogP contribution in [0.25, 0.3) is 0 Å². The van der Waals surface area contributed by atoms with Crippen molar-refractivity contribution in [2.75, 3.05) is 6.61 Å². The maximum absolute atomic E-state index is 5.76. The second-order valence-electron chi connectivity index (χ2n) is 4.31. The largest absolute Gasteiger partial charge is 0.346 e. The second kappa shape index (κ2) is 4.51. The molecule has 0 aromatic heterocycles. The molecule has 17 heavy (non-hydrogen) atoms. The Morgan fingerprint density at radius 1 is 0.824 bits per heavy atom. The highest BCUT2D eigenvalue weighted by Crippen LogP contribution is 2.35. The van der Waals surface area contributed by atoms with Gasteiger partial charge in [-0.25, -0.2) is 0 Å². The normalized spacial score (nSPS) is 49.2. The van der Waals surface area contributed by atoms with Crippen molar-refractivity contribution >= 4 is 0 Å². The zero-order valence-electron chi connectivity index (χ0n) is 9.49. The topological polar surface area (TPSA) is 46.2 Å². The van der Waals surface area contributed by atoms with Crippen molar-refractivity contribution in [3.05, 3.63) is 25.3 Å². The fourth-order valence-corrected chi connectivity index (χ4v) is 2.34. The molecule has 0 saturated carbocycles. The van der Waals surface area contributed by atoms with Gasteiger partial charge in [-0.2, -0.15) is 0 Å². The van der Waals surface area contributed by atoms with Gasteiger partial charge in [-0.3, -0.25) is 0 Å². The summed E-state index contributed by atoms with van der Waals surface area (Å²) in [4.78, 5) is 0. The van der Waals surface area contributed by atoms with Gasteiger partial charge in [-0.15, -0.1) is 0 Å². The summed E-state index contributed by atoms with van der Waals surface area (Å²) in [7, 11) is 0. The molecule has 94 valence electrons. The van der Waals surface area contributed by atoms with E-state index in [0.717, 1.165) is 6.42 Å². The first-order chi connectivity index (χ1) is 8.30. The minimum atomic E-state index is -0.354. The average molecular weight is 240 g/mol. The molecular formula is C12H16O5. The second-order valence-corrected chi connectivity index (χ2v) is 4.31. The number of rotatable bonds is 3. The van der Waals surface area contributed by atoms with Crippen LogP contribution < -0.4 is 0 Å². The molecule has 0 aliphatic carbocycles. The highest BCUT2D eigenvalue weighted by molar-refractivity contribution is 4.92. The van der Waals surface area contributed by atoms with Gasteiger partial charge in [0.15, 0.2) is 18.9 Å². The van der Waals surface area contributed by atoms with Gasteiger partial charge in [0.1, 0.15) is 12.2 Å². The molecule has 0 aromatic carbocycles. The van der Waals surface area contributed by atoms with Gasteiger partial charge >= 0.3 is 0 Å². The van der Waals surface area contributed by atoms with E-state index in [1.807, 2.05) is 0 Å². The van der Waals surface area contributed by atoms with Gasteiger partial charge in [-0.05, 0) is 12.2 Å². The predicted molar refractivity (Wildman–Crippen MR) is 58.0 cm³/mol. The third kappa shape index (κ3) is 2.05. The Bertz CT molecular complexity index is 304. The Kier molecular flexibility index (Phi) is 3.02. The van der Waals surface area contributed by atoms with Crippen molar-refractivity contribution in [2.45, 2.75) is 43.6 Å². The molecule has 0 bridgehead atoms. The Balaban J connectivity index is 1.56. The molecule has 3 aliphatic rings. The molecule has 3 fully saturated rings. The maximum atomic E-state index is 5.76. The van der Waals surface area contributed by atoms with Crippen molar-refractivity contribution in [1.29, 1.82) is 0 Å². The molecule has 0 N–H and O–H groups in total. The molecule has 3 rings (SSSR count). The monoisotopic (exact) mass is 240 g/mol. The quantitative estimate of drug-likeness (QED) is 0.687. The lowest BCUT2D eigenvalue weighted by atomic mass is 10.1. The minimum absolute atomic E-state index is 0.0330. The van der Waals surface area contributed by atoms with Gasteiger partial charge in [0.05, 0.1) is 12.7 Å². The van der Waals surface area contributed by atoms with Gasteiger partial charge in [0.25, 0.3) is 0 Å². The molecule has 0 amide bonds. The van der Waals surface area contributed by atoms with E-state index in [1.54, 1.807) is 12.2 Å². The highest BCUT2D eigenvalue weighted by atomic mass is 16.8. The molecule has 3 heterocycles. The molecular weight excluding hydrogens is 224 g/mol. The van der Waals surface area contributed by atoms with E-state index < -0.39 is 0 Å². The number of hydrogen-bond acceptors (Lipinski definition) is 5. The molecule has 5 nitrogen and oxygen atoms in total. The molecule has 0 aromatic rings. The van der Waals surface area contributed by atoms with E-state index in [0.29, 0.717) is 6.61 Å². The van der Waals surface area contributed by atoms with Crippen LogP contribution in [0.1, 0.15) is 6.42 Å². The van der Waals surface area contributed by atoms with E-state index in [2.05, 4.69) is 13.2 Å². The molecule has 0 spiro atoms. The van der Waals surface area contributed by atoms with E-state index in [-0.39, 0.29) is 37.2 Å². The van der Waals surface area contributed by atoms with Crippen molar-refractivity contribution in [3.8, 4) is 0 Å². The fraction of sp³-hybridized carbons (Fsp3) is 0.667. The number of ether oxygens (including phenoxy) is 5. The Hall–Kier alpha value is -0.720. The highest BCUT2D eigenvalue weighted by Gasteiger charge is 2.48. The average Bonchev–Trinajstić information content (AvgIpc) is 3.01. The molecule has 5 heteroatoms. The fourth-order valence-electron chi connectivity index (χ4n) is 2.34. The van der Waals surface area contributed by atoms with Crippen LogP contribution in [-0.4, -0.2) is 43.8 Å². The van der Waals surface area contributed by atoms with Crippen LogP contribution in [-0.2, 0) is 23.7 Å². The van der Waals surface area contributed by atoms with Crippen molar-refractivity contribution in [2.24, 2.45) is 0 Å². The van der Waals surface area contributed by atoms with Crippen molar-refractivity contribution in [3.63, 3.8) is 0 Å². The molecule has 6 atom stereocenters. The van der Waals surface area contributed by atoms with E-state index in [4.69, 9.17) is 23.7 Å². The first-order valence-corrected chi connectivity index (χ1v) is 5.78. The lowest BCUT2D eigenvalue weighted by Gasteiger charge is -2.18. The van der Waals surface area contributed by atoms with Crippen LogP contribution >= 0.6 is 0 Å². The summed E-state index contributed by atoms with van der Waals surface area (Å²) < 4.78 is 27.8. The minimum Gasteiger partial charge on any atom is -0.346 e. The lowest BCUT2D eigenvalue weighted by Crippen LogP contribution is -2.30. The summed E-state index contributed by atoms with van der Waals surface area (Å²) >= 11 is 0. The number of fused-ring (bicyclic) bond motifs is 1. The first kappa shape index (κ1) is 11.4. The van der Waals surface area contributed by atoms with E-state index >= 15 is 0 Å². The third-order valence-corrected chi connectivity index (χ3v) is 3.19. The maximum Gasteiger partial charge on any atom is 0.187 e. The summed E-state index contributed by atoms with van der Waals surface area (Å²) in [6.07, 6.45) is 2.88. The van der Waals surface area contributed by atoms with Crippen LogP contribution in [0.2, 0.25) is 0 Å². The van der Waals surface area contributed by atoms with E-state index in [1.165, 1.54) is 0 Å². The number of hydrogen-bond donors (Lipinski definition) is 0. The Morgan fingerprint density at radius 2 is 1.59 bits per heavy atom. The van der Waals surface area contributed by atoms with Gasteiger partial charge < -0.3 is 23.7 Å². The van der Waals surface area contributed by atoms with Crippen LogP contribution in [0.4, 0.5) is 0 Å². The van der Waals surface area contributed by atoms with Crippen molar-refractivity contribution < 1.29 is 23.7 Å². The third-order valence-electron chi connectivity index (χ3n) is 3.19. The summed E-state index contributed by atoms with van der Waals surface area (Å²) in [5, 5.41) is 0. The summed E-state index contributed by atoms with van der Waals surface area (Å²) in [5.74, 6) is 0. The van der Waals surface area contributed by atoms with Crippen LogP contribution in [0.5, 0.6) is 0 Å². The van der Waals surface area contributed by atoms with Crippen LogP contribution in [0.3, 0.4) is 0 Å². The zero-order valence-corrected chi connectivity index (χ0v) is 9.49. The zero-order chi connectivity index (χ0) is 11.8. The summed E-state index contributed by atoms with van der Waals surface area (Å²) in [6.45, 7) is 7.78. The van der Waals surface area contributed by atoms with Crippen LogP contribution in [0, 0.1) is 0 Å².